The Kier molecular flexibility index (Phi) is 9.19. The summed E-state index contributed by atoms with van der Waals surface area (Å²) in [5.41, 5.74) is 1.45. The van der Waals surface area contributed by atoms with Crippen molar-refractivity contribution in [3.8, 4) is 0 Å². The Morgan fingerprint density at radius 2 is 2.00 bits per heavy atom. The minimum absolute atomic E-state index is 0.770. The van der Waals surface area contributed by atoms with E-state index in [-0.39, 0.29) is 0 Å². The van der Waals surface area contributed by atoms with E-state index in [4.69, 9.17) is 0 Å². The van der Waals surface area contributed by atoms with E-state index in [0.29, 0.717) is 0 Å². The summed E-state index contributed by atoms with van der Waals surface area (Å²) < 4.78 is 1.19. The van der Waals surface area contributed by atoms with Crippen LogP contribution in [0.2, 0.25) is 0 Å². The van der Waals surface area contributed by atoms with Gasteiger partial charge in [-0.15, -0.1) is 0 Å². The zero-order valence-electron chi connectivity index (χ0n) is 12.4. The van der Waals surface area contributed by atoms with E-state index in [1.54, 1.807) is 0 Å². The monoisotopic (exact) mass is 325 g/mol. The maximum atomic E-state index is 3.56. The van der Waals surface area contributed by atoms with E-state index in [2.05, 4.69) is 59.4 Å². The molecule has 1 N–H and O–H groups in total. The second-order valence-electron chi connectivity index (χ2n) is 5.36. The van der Waals surface area contributed by atoms with Gasteiger partial charge in [-0.1, -0.05) is 67.6 Å². The van der Waals surface area contributed by atoms with Gasteiger partial charge in [0.2, 0.25) is 0 Å². The van der Waals surface area contributed by atoms with Gasteiger partial charge in [-0.3, -0.25) is 0 Å². The van der Waals surface area contributed by atoms with Crippen LogP contribution in [-0.4, -0.2) is 13.1 Å². The van der Waals surface area contributed by atoms with Gasteiger partial charge in [-0.25, -0.2) is 0 Å². The normalized spacial score (nSPS) is 12.6. The van der Waals surface area contributed by atoms with E-state index in [1.165, 1.54) is 48.6 Å². The molecule has 0 bridgehead atoms. The van der Waals surface area contributed by atoms with Crippen LogP contribution in [0.25, 0.3) is 0 Å². The standard InChI is InChI=1S/C17H28BrN/c1-3-5-6-7-9-16(14-19-4-2)12-15-10-8-11-17(18)13-15/h8,10-11,13,16,19H,3-7,9,12,14H2,1-2H3. The summed E-state index contributed by atoms with van der Waals surface area (Å²) in [6.07, 6.45) is 8.00. The lowest BCUT2D eigenvalue weighted by Gasteiger charge is -2.17. The summed E-state index contributed by atoms with van der Waals surface area (Å²) in [5, 5.41) is 3.51. The highest BCUT2D eigenvalue weighted by molar-refractivity contribution is 9.10. The molecule has 0 aliphatic carbocycles. The third-order valence-electron chi connectivity index (χ3n) is 3.56. The molecule has 1 rings (SSSR count). The van der Waals surface area contributed by atoms with E-state index < -0.39 is 0 Å². The van der Waals surface area contributed by atoms with Crippen molar-refractivity contribution in [3.63, 3.8) is 0 Å². The van der Waals surface area contributed by atoms with Crippen molar-refractivity contribution in [1.82, 2.24) is 5.32 Å². The molecule has 1 nitrogen and oxygen atoms in total. The minimum atomic E-state index is 0.770. The van der Waals surface area contributed by atoms with Gasteiger partial charge >= 0.3 is 0 Å². The van der Waals surface area contributed by atoms with E-state index >= 15 is 0 Å². The van der Waals surface area contributed by atoms with Crippen molar-refractivity contribution in [2.24, 2.45) is 5.92 Å². The molecular formula is C17H28BrN. The molecule has 108 valence electrons. The van der Waals surface area contributed by atoms with Crippen molar-refractivity contribution >= 4 is 15.9 Å². The fourth-order valence-corrected chi connectivity index (χ4v) is 2.93. The first kappa shape index (κ1) is 16.7. The maximum Gasteiger partial charge on any atom is 0.0177 e. The van der Waals surface area contributed by atoms with E-state index in [9.17, 15) is 0 Å². The lowest BCUT2D eigenvalue weighted by molar-refractivity contribution is 0.426. The van der Waals surface area contributed by atoms with Crippen molar-refractivity contribution in [2.75, 3.05) is 13.1 Å². The van der Waals surface area contributed by atoms with Gasteiger partial charge in [-0.2, -0.15) is 0 Å². The lowest BCUT2D eigenvalue weighted by Crippen LogP contribution is -2.24. The van der Waals surface area contributed by atoms with Crippen LogP contribution in [0.1, 0.15) is 51.5 Å². The van der Waals surface area contributed by atoms with E-state index in [0.717, 1.165) is 19.0 Å². The lowest BCUT2D eigenvalue weighted by atomic mass is 9.93. The molecule has 1 aromatic carbocycles. The quantitative estimate of drug-likeness (QED) is 0.584. The smallest absolute Gasteiger partial charge is 0.0177 e. The summed E-state index contributed by atoms with van der Waals surface area (Å²) in [4.78, 5) is 0. The van der Waals surface area contributed by atoms with Crippen LogP contribution in [-0.2, 0) is 6.42 Å². The van der Waals surface area contributed by atoms with Crippen LogP contribution in [0.15, 0.2) is 28.7 Å². The minimum Gasteiger partial charge on any atom is -0.317 e. The van der Waals surface area contributed by atoms with Gasteiger partial charge in [0.05, 0.1) is 0 Å². The number of benzene rings is 1. The molecule has 0 aliphatic heterocycles. The number of halogens is 1. The highest BCUT2D eigenvalue weighted by atomic mass is 79.9. The second-order valence-corrected chi connectivity index (χ2v) is 6.27. The Morgan fingerprint density at radius 3 is 2.68 bits per heavy atom. The molecule has 1 atom stereocenters. The largest absolute Gasteiger partial charge is 0.317 e. The Balaban J connectivity index is 2.43. The molecule has 2 heteroatoms. The van der Waals surface area contributed by atoms with Crippen molar-refractivity contribution in [3.05, 3.63) is 34.3 Å². The first-order valence-corrected chi connectivity index (χ1v) is 8.50. The summed E-state index contributed by atoms with van der Waals surface area (Å²) in [6.45, 7) is 6.68. The Morgan fingerprint density at radius 1 is 1.16 bits per heavy atom. The molecule has 0 fully saturated rings. The first-order chi connectivity index (χ1) is 9.26. The van der Waals surface area contributed by atoms with Crippen LogP contribution in [0.5, 0.6) is 0 Å². The fourth-order valence-electron chi connectivity index (χ4n) is 2.48. The predicted molar refractivity (Wildman–Crippen MR) is 88.6 cm³/mol. The molecule has 1 aromatic rings. The van der Waals surface area contributed by atoms with Crippen LogP contribution in [0.4, 0.5) is 0 Å². The van der Waals surface area contributed by atoms with Gasteiger partial charge < -0.3 is 5.32 Å². The number of hydrogen-bond donors (Lipinski definition) is 1. The predicted octanol–water partition coefficient (Wildman–Crippen LogP) is 5.19. The first-order valence-electron chi connectivity index (χ1n) is 7.71. The molecule has 0 heterocycles. The van der Waals surface area contributed by atoms with Crippen LogP contribution in [0.3, 0.4) is 0 Å². The SMILES string of the molecule is CCCCCCC(CNCC)Cc1cccc(Br)c1. The Labute approximate surface area is 127 Å². The summed E-state index contributed by atoms with van der Waals surface area (Å²) in [5.74, 6) is 0.770. The molecular weight excluding hydrogens is 298 g/mol. The molecule has 0 amide bonds. The topological polar surface area (TPSA) is 12.0 Å². The number of nitrogens with one attached hydrogen (secondary N) is 1. The van der Waals surface area contributed by atoms with Gasteiger partial charge in [0.15, 0.2) is 0 Å². The molecule has 0 spiro atoms. The summed E-state index contributed by atoms with van der Waals surface area (Å²) in [7, 11) is 0. The zero-order chi connectivity index (χ0) is 13.9. The summed E-state index contributed by atoms with van der Waals surface area (Å²) in [6, 6.07) is 8.74. The maximum absolute atomic E-state index is 3.56. The highest BCUT2D eigenvalue weighted by Gasteiger charge is 2.09. The van der Waals surface area contributed by atoms with E-state index in [1.807, 2.05) is 0 Å². The number of hydrogen-bond acceptors (Lipinski definition) is 1. The Hall–Kier alpha value is -0.340. The molecule has 0 aromatic heterocycles. The average molecular weight is 326 g/mol. The fraction of sp³-hybridized carbons (Fsp3) is 0.647. The molecule has 0 aliphatic rings. The second kappa shape index (κ2) is 10.4. The third-order valence-corrected chi connectivity index (χ3v) is 4.06. The van der Waals surface area contributed by atoms with Gasteiger partial charge in [-0.05, 0) is 49.5 Å². The zero-order valence-corrected chi connectivity index (χ0v) is 14.0. The van der Waals surface area contributed by atoms with Crippen LogP contribution < -0.4 is 5.32 Å². The van der Waals surface area contributed by atoms with Crippen molar-refractivity contribution < 1.29 is 0 Å². The molecule has 19 heavy (non-hydrogen) atoms. The highest BCUT2D eigenvalue weighted by Crippen LogP contribution is 2.19. The average Bonchev–Trinajstić information content (AvgIpc) is 2.40. The third kappa shape index (κ3) is 7.74. The van der Waals surface area contributed by atoms with Gasteiger partial charge in [0.25, 0.3) is 0 Å². The summed E-state index contributed by atoms with van der Waals surface area (Å²) >= 11 is 3.56. The van der Waals surface area contributed by atoms with Gasteiger partial charge in [0.1, 0.15) is 0 Å². The number of rotatable bonds is 10. The number of unbranched alkanes of at least 4 members (excludes halogenated alkanes) is 3. The van der Waals surface area contributed by atoms with Crippen molar-refractivity contribution in [2.45, 2.75) is 52.4 Å². The molecule has 0 radical (unpaired) electrons. The molecule has 0 saturated carbocycles. The Bertz CT molecular complexity index is 338. The van der Waals surface area contributed by atoms with Crippen molar-refractivity contribution in [1.29, 1.82) is 0 Å². The molecule has 1 unspecified atom stereocenters. The molecule has 0 saturated heterocycles. The van der Waals surface area contributed by atoms with Gasteiger partial charge in [0, 0.05) is 4.47 Å². The van der Waals surface area contributed by atoms with Crippen LogP contribution >= 0.6 is 15.9 Å². The van der Waals surface area contributed by atoms with Crippen LogP contribution in [0, 0.1) is 5.92 Å².